The molecular weight excluding hydrogens is 384 g/mol. The SMILES string of the molecule is CC1CCN(C(=O)C(C)O)C1.CCC1CCCCC1.Cc1ccc(C#N)c(Cl)c1. The highest BCUT2D eigenvalue weighted by molar-refractivity contribution is 6.31. The van der Waals surface area contributed by atoms with Crippen LogP contribution in [-0.4, -0.2) is 35.1 Å². The number of aliphatic hydroxyl groups is 1. The van der Waals surface area contributed by atoms with E-state index in [1.807, 2.05) is 19.1 Å². The average molecular weight is 421 g/mol. The molecule has 1 aromatic rings. The maximum atomic E-state index is 11.2. The molecule has 29 heavy (non-hydrogen) atoms. The van der Waals surface area contributed by atoms with Crippen LogP contribution in [0.2, 0.25) is 5.02 Å². The first-order chi connectivity index (χ1) is 13.8. The normalized spacial score (nSPS) is 19.9. The van der Waals surface area contributed by atoms with Gasteiger partial charge in [0, 0.05) is 13.1 Å². The first-order valence-corrected chi connectivity index (χ1v) is 11.3. The van der Waals surface area contributed by atoms with E-state index in [2.05, 4.69) is 13.8 Å². The third-order valence-corrected chi connectivity index (χ3v) is 5.95. The Morgan fingerprint density at radius 3 is 2.38 bits per heavy atom. The summed E-state index contributed by atoms with van der Waals surface area (Å²) in [5, 5.41) is 18.0. The van der Waals surface area contributed by atoms with Gasteiger partial charge >= 0.3 is 0 Å². The standard InChI is InChI=1S/C8H6ClN.C8H15NO2.C8H16/c1-6-2-3-7(5-10)8(9)4-6;1-6-3-4-9(5-6)8(11)7(2)10;1-2-8-6-4-3-5-7-8/h2-4H,1H3;6-7,10H,3-5H2,1-2H3;8H,2-7H2,1H3. The minimum atomic E-state index is -0.833. The summed E-state index contributed by atoms with van der Waals surface area (Å²) in [5.74, 6) is 1.55. The fourth-order valence-electron chi connectivity index (χ4n) is 3.71. The molecule has 2 atom stereocenters. The lowest BCUT2D eigenvalue weighted by Crippen LogP contribution is -2.35. The quantitative estimate of drug-likeness (QED) is 0.664. The molecule has 1 saturated heterocycles. The predicted octanol–water partition coefficient (Wildman–Crippen LogP) is 5.73. The van der Waals surface area contributed by atoms with Gasteiger partial charge in [-0.1, -0.05) is 70.0 Å². The molecule has 0 spiro atoms. The van der Waals surface area contributed by atoms with Crippen molar-refractivity contribution in [2.75, 3.05) is 13.1 Å². The largest absolute Gasteiger partial charge is 0.384 e. The summed E-state index contributed by atoms with van der Waals surface area (Å²) in [6, 6.07) is 7.35. The molecule has 0 aromatic heterocycles. The molecule has 1 N–H and O–H groups in total. The molecule has 2 unspecified atom stereocenters. The molecule has 1 aliphatic carbocycles. The summed E-state index contributed by atoms with van der Waals surface area (Å²) in [7, 11) is 0. The van der Waals surface area contributed by atoms with Gasteiger partial charge in [-0.2, -0.15) is 5.26 Å². The summed E-state index contributed by atoms with van der Waals surface area (Å²) in [4.78, 5) is 12.9. The minimum Gasteiger partial charge on any atom is -0.384 e. The topological polar surface area (TPSA) is 64.3 Å². The Hall–Kier alpha value is -1.57. The van der Waals surface area contributed by atoms with Crippen molar-refractivity contribution in [1.82, 2.24) is 4.90 Å². The van der Waals surface area contributed by atoms with E-state index < -0.39 is 6.10 Å². The zero-order valence-electron chi connectivity index (χ0n) is 18.5. The van der Waals surface area contributed by atoms with Crippen molar-refractivity contribution in [2.45, 2.75) is 78.7 Å². The van der Waals surface area contributed by atoms with Gasteiger partial charge in [-0.15, -0.1) is 0 Å². The molecule has 4 nitrogen and oxygen atoms in total. The van der Waals surface area contributed by atoms with Crippen LogP contribution in [0.4, 0.5) is 0 Å². The Bertz CT molecular complexity index is 663. The Labute approximate surface area is 181 Å². The van der Waals surface area contributed by atoms with E-state index in [-0.39, 0.29) is 5.91 Å². The fourth-order valence-corrected chi connectivity index (χ4v) is 3.98. The highest BCUT2D eigenvalue weighted by Gasteiger charge is 2.25. The Kier molecular flexibility index (Phi) is 12.0. The Balaban J connectivity index is 0.000000220. The molecule has 0 radical (unpaired) electrons. The minimum absolute atomic E-state index is 0.130. The molecule has 3 rings (SSSR count). The van der Waals surface area contributed by atoms with E-state index in [1.165, 1.54) is 45.4 Å². The van der Waals surface area contributed by atoms with Crippen molar-refractivity contribution in [3.8, 4) is 6.07 Å². The van der Waals surface area contributed by atoms with Crippen molar-refractivity contribution in [2.24, 2.45) is 11.8 Å². The molecule has 1 heterocycles. The second-order valence-electron chi connectivity index (χ2n) is 8.36. The summed E-state index contributed by atoms with van der Waals surface area (Å²) in [5.41, 5.74) is 1.61. The third kappa shape index (κ3) is 9.65. The van der Waals surface area contributed by atoms with E-state index in [4.69, 9.17) is 22.0 Å². The number of carbonyl (C=O) groups is 1. The van der Waals surface area contributed by atoms with Gasteiger partial charge in [-0.3, -0.25) is 4.79 Å². The summed E-state index contributed by atoms with van der Waals surface area (Å²) in [6.45, 7) is 9.51. The highest BCUT2D eigenvalue weighted by Crippen LogP contribution is 2.25. The van der Waals surface area contributed by atoms with Crippen LogP contribution in [0.15, 0.2) is 18.2 Å². The number of carbonyl (C=O) groups excluding carboxylic acids is 1. The smallest absolute Gasteiger partial charge is 0.251 e. The first-order valence-electron chi connectivity index (χ1n) is 10.9. The van der Waals surface area contributed by atoms with Crippen LogP contribution >= 0.6 is 11.6 Å². The Morgan fingerprint density at radius 1 is 1.31 bits per heavy atom. The molecule has 2 aliphatic rings. The van der Waals surface area contributed by atoms with Gasteiger partial charge in [0.05, 0.1) is 10.6 Å². The molecule has 162 valence electrons. The number of hydrogen-bond donors (Lipinski definition) is 1. The van der Waals surface area contributed by atoms with E-state index in [0.717, 1.165) is 31.0 Å². The van der Waals surface area contributed by atoms with Gasteiger partial charge in [-0.05, 0) is 49.8 Å². The van der Waals surface area contributed by atoms with Crippen molar-refractivity contribution < 1.29 is 9.90 Å². The number of rotatable bonds is 2. The van der Waals surface area contributed by atoms with Crippen molar-refractivity contribution in [3.63, 3.8) is 0 Å². The second-order valence-corrected chi connectivity index (χ2v) is 8.77. The van der Waals surface area contributed by atoms with Crippen LogP contribution < -0.4 is 0 Å². The zero-order chi connectivity index (χ0) is 21.8. The molecular formula is C24H37ClN2O2. The van der Waals surface area contributed by atoms with Crippen LogP contribution in [0.25, 0.3) is 0 Å². The second kappa shape index (κ2) is 13.6. The van der Waals surface area contributed by atoms with E-state index in [1.54, 1.807) is 17.0 Å². The number of hydrogen-bond acceptors (Lipinski definition) is 3. The average Bonchev–Trinajstić information content (AvgIpc) is 3.15. The van der Waals surface area contributed by atoms with Gasteiger partial charge in [0.1, 0.15) is 12.2 Å². The van der Waals surface area contributed by atoms with Crippen molar-refractivity contribution in [3.05, 3.63) is 34.3 Å². The Morgan fingerprint density at radius 2 is 1.97 bits per heavy atom. The van der Waals surface area contributed by atoms with Crippen LogP contribution in [-0.2, 0) is 4.79 Å². The predicted molar refractivity (Wildman–Crippen MR) is 120 cm³/mol. The summed E-state index contributed by atoms with van der Waals surface area (Å²) < 4.78 is 0. The van der Waals surface area contributed by atoms with Crippen LogP contribution in [0, 0.1) is 30.1 Å². The lowest BCUT2D eigenvalue weighted by Gasteiger charge is -2.18. The van der Waals surface area contributed by atoms with Gasteiger partial charge < -0.3 is 10.0 Å². The lowest BCUT2D eigenvalue weighted by atomic mass is 9.88. The summed E-state index contributed by atoms with van der Waals surface area (Å²) >= 11 is 5.71. The molecule has 5 heteroatoms. The maximum absolute atomic E-state index is 11.2. The molecule has 1 saturated carbocycles. The fraction of sp³-hybridized carbons (Fsp3) is 0.667. The number of nitriles is 1. The van der Waals surface area contributed by atoms with Gasteiger partial charge in [0.15, 0.2) is 0 Å². The number of benzene rings is 1. The number of amides is 1. The number of nitrogens with zero attached hydrogens (tertiary/aromatic N) is 2. The van der Waals surface area contributed by atoms with Gasteiger partial charge in [0.2, 0.25) is 0 Å². The van der Waals surface area contributed by atoms with Crippen molar-refractivity contribution >= 4 is 17.5 Å². The molecule has 1 aliphatic heterocycles. The van der Waals surface area contributed by atoms with Crippen molar-refractivity contribution in [1.29, 1.82) is 5.26 Å². The highest BCUT2D eigenvalue weighted by atomic mass is 35.5. The van der Waals surface area contributed by atoms with E-state index in [9.17, 15) is 4.79 Å². The van der Waals surface area contributed by atoms with E-state index >= 15 is 0 Å². The van der Waals surface area contributed by atoms with E-state index in [0.29, 0.717) is 16.5 Å². The molecule has 2 fully saturated rings. The monoisotopic (exact) mass is 420 g/mol. The zero-order valence-corrected chi connectivity index (χ0v) is 19.2. The molecule has 1 amide bonds. The maximum Gasteiger partial charge on any atom is 0.251 e. The summed E-state index contributed by atoms with van der Waals surface area (Å²) in [6.07, 6.45) is 9.17. The number of likely N-dealkylation sites (tertiary alicyclic amines) is 1. The van der Waals surface area contributed by atoms with Gasteiger partial charge in [-0.25, -0.2) is 0 Å². The van der Waals surface area contributed by atoms with Crippen LogP contribution in [0.3, 0.4) is 0 Å². The van der Waals surface area contributed by atoms with Gasteiger partial charge in [0.25, 0.3) is 5.91 Å². The first kappa shape index (κ1) is 25.5. The third-order valence-electron chi connectivity index (χ3n) is 5.64. The lowest BCUT2D eigenvalue weighted by molar-refractivity contribution is -0.138. The number of halogens is 1. The number of aryl methyl sites for hydroxylation is 1. The molecule has 0 bridgehead atoms. The van der Waals surface area contributed by atoms with Crippen LogP contribution in [0.1, 0.15) is 76.8 Å². The molecule has 1 aromatic carbocycles. The number of aliphatic hydroxyl groups excluding tert-OH is 1. The van der Waals surface area contributed by atoms with Crippen LogP contribution in [0.5, 0.6) is 0 Å².